The minimum absolute atomic E-state index is 0.110. The van der Waals surface area contributed by atoms with Gasteiger partial charge in [0.25, 0.3) is 0 Å². The number of carbonyl (C=O) groups excluding carboxylic acids is 1. The highest BCUT2D eigenvalue weighted by Gasteiger charge is 2.17. The molecular weight excluding hydrogens is 387 g/mol. The third kappa shape index (κ3) is 3.88. The van der Waals surface area contributed by atoms with Crippen LogP contribution in [-0.2, 0) is 11.3 Å². The molecule has 0 aliphatic rings. The predicted octanol–water partition coefficient (Wildman–Crippen LogP) is 5.35. The molecular formula is C16H13BrCl2N2O. The molecule has 0 N–H and O–H groups in total. The van der Waals surface area contributed by atoms with Crippen molar-refractivity contribution in [2.75, 3.05) is 4.90 Å². The third-order valence-electron chi connectivity index (χ3n) is 3.09. The van der Waals surface area contributed by atoms with E-state index in [1.807, 2.05) is 6.07 Å². The molecule has 0 saturated carbocycles. The van der Waals surface area contributed by atoms with Crippen LogP contribution in [0.3, 0.4) is 0 Å². The van der Waals surface area contributed by atoms with Gasteiger partial charge in [0.05, 0.1) is 12.2 Å². The summed E-state index contributed by atoms with van der Waals surface area (Å²) in [6, 6.07) is 7.13. The number of halogens is 3. The van der Waals surface area contributed by atoms with E-state index < -0.39 is 0 Å². The summed E-state index contributed by atoms with van der Waals surface area (Å²) >= 11 is 15.5. The van der Waals surface area contributed by atoms with Crippen molar-refractivity contribution in [1.29, 1.82) is 0 Å². The van der Waals surface area contributed by atoms with Gasteiger partial charge in [-0.15, -0.1) is 0 Å². The van der Waals surface area contributed by atoms with Crippen molar-refractivity contribution in [3.63, 3.8) is 0 Å². The van der Waals surface area contributed by atoms with Gasteiger partial charge in [-0.1, -0.05) is 35.9 Å². The molecule has 0 aliphatic carbocycles. The number of aromatic nitrogens is 1. The molecule has 0 fully saturated rings. The molecule has 0 aliphatic heterocycles. The third-order valence-corrected chi connectivity index (χ3v) is 4.10. The Balaban J connectivity index is 2.45. The number of hydrogen-bond acceptors (Lipinski definition) is 2. The van der Waals surface area contributed by atoms with Crippen molar-refractivity contribution in [2.45, 2.75) is 13.5 Å². The normalized spacial score (nSPS) is 10.4. The van der Waals surface area contributed by atoms with Crippen LogP contribution in [0.4, 0.5) is 5.69 Å². The Labute approximate surface area is 147 Å². The molecule has 114 valence electrons. The van der Waals surface area contributed by atoms with E-state index in [1.54, 1.807) is 35.4 Å². The lowest BCUT2D eigenvalue weighted by Crippen LogP contribution is -2.28. The second-order valence-electron chi connectivity index (χ2n) is 4.62. The minimum Gasteiger partial charge on any atom is -0.308 e. The van der Waals surface area contributed by atoms with Gasteiger partial charge in [0.15, 0.2) is 0 Å². The lowest BCUT2D eigenvalue weighted by Gasteiger charge is -2.24. The molecule has 0 atom stereocenters. The van der Waals surface area contributed by atoms with Gasteiger partial charge < -0.3 is 4.90 Å². The molecule has 2 rings (SSSR count). The van der Waals surface area contributed by atoms with Crippen LogP contribution >= 0.6 is 39.1 Å². The van der Waals surface area contributed by atoms with Crippen LogP contribution in [0.2, 0.25) is 10.2 Å². The van der Waals surface area contributed by atoms with Gasteiger partial charge >= 0.3 is 0 Å². The maximum absolute atomic E-state index is 12.1. The fraction of sp³-hybridized carbons (Fsp3) is 0.125. The van der Waals surface area contributed by atoms with E-state index in [0.717, 1.165) is 21.3 Å². The number of nitrogens with zero attached hydrogens (tertiary/aromatic N) is 2. The van der Waals surface area contributed by atoms with E-state index in [-0.39, 0.29) is 5.91 Å². The first-order valence-corrected chi connectivity index (χ1v) is 7.97. The number of anilines is 1. The Bertz CT molecular complexity index is 734. The lowest BCUT2D eigenvalue weighted by atomic mass is 10.1. The van der Waals surface area contributed by atoms with Gasteiger partial charge in [0, 0.05) is 28.2 Å². The molecule has 0 radical (unpaired) electrons. The van der Waals surface area contributed by atoms with Gasteiger partial charge in [-0.05, 0) is 45.8 Å². The Hall–Kier alpha value is -1.36. The molecule has 6 heteroatoms. The first kappa shape index (κ1) is 17.0. The first-order valence-electron chi connectivity index (χ1n) is 6.42. The second-order valence-corrected chi connectivity index (χ2v) is 6.33. The summed E-state index contributed by atoms with van der Waals surface area (Å²) in [4.78, 5) is 17.8. The Morgan fingerprint density at radius 3 is 2.77 bits per heavy atom. The maximum Gasteiger partial charge on any atom is 0.224 e. The first-order chi connectivity index (χ1) is 10.4. The number of hydrogen-bond donors (Lipinski definition) is 0. The standard InChI is InChI=1S/C16H13BrCl2N2O/c1-3-11-7-14(18)4-5-15(11)21(10(2)22)9-12-6-13(17)8-20-16(12)19/h3-8H,1,9H2,2H3. The van der Waals surface area contributed by atoms with Crippen LogP contribution in [0.1, 0.15) is 18.1 Å². The monoisotopic (exact) mass is 398 g/mol. The van der Waals surface area contributed by atoms with E-state index in [2.05, 4.69) is 27.5 Å². The van der Waals surface area contributed by atoms with E-state index in [0.29, 0.717) is 16.7 Å². The molecule has 2 aromatic rings. The highest BCUT2D eigenvalue weighted by atomic mass is 79.9. The van der Waals surface area contributed by atoms with Gasteiger partial charge in [-0.25, -0.2) is 4.98 Å². The van der Waals surface area contributed by atoms with Crippen molar-refractivity contribution in [3.8, 4) is 0 Å². The lowest BCUT2D eigenvalue weighted by molar-refractivity contribution is -0.116. The molecule has 1 aromatic carbocycles. The fourth-order valence-electron chi connectivity index (χ4n) is 2.05. The van der Waals surface area contributed by atoms with E-state index >= 15 is 0 Å². The molecule has 1 aromatic heterocycles. The van der Waals surface area contributed by atoms with Crippen LogP contribution in [0.15, 0.2) is 41.5 Å². The summed E-state index contributed by atoms with van der Waals surface area (Å²) in [6.07, 6.45) is 3.28. The van der Waals surface area contributed by atoms with E-state index in [9.17, 15) is 4.79 Å². The summed E-state index contributed by atoms with van der Waals surface area (Å²) in [7, 11) is 0. The second kappa shape index (κ2) is 7.27. The fourth-order valence-corrected chi connectivity index (χ4v) is 2.77. The number of amides is 1. The molecule has 22 heavy (non-hydrogen) atoms. The zero-order chi connectivity index (χ0) is 16.3. The smallest absolute Gasteiger partial charge is 0.224 e. The summed E-state index contributed by atoms with van der Waals surface area (Å²) in [5.41, 5.74) is 2.25. The molecule has 1 heterocycles. The SMILES string of the molecule is C=Cc1cc(Cl)ccc1N(Cc1cc(Br)cnc1Cl)C(C)=O. The molecule has 1 amide bonds. The highest BCUT2D eigenvalue weighted by Crippen LogP contribution is 2.28. The summed E-state index contributed by atoms with van der Waals surface area (Å²) in [5.74, 6) is -0.110. The van der Waals surface area contributed by atoms with Crippen molar-refractivity contribution in [3.05, 3.63) is 62.8 Å². The average molecular weight is 400 g/mol. The van der Waals surface area contributed by atoms with Crippen LogP contribution < -0.4 is 4.90 Å². The zero-order valence-corrected chi connectivity index (χ0v) is 14.9. The summed E-state index contributed by atoms with van der Waals surface area (Å²) in [5, 5.41) is 0.952. The van der Waals surface area contributed by atoms with Gasteiger partial charge in [-0.2, -0.15) is 0 Å². The van der Waals surface area contributed by atoms with Crippen LogP contribution in [0.5, 0.6) is 0 Å². The number of rotatable bonds is 4. The van der Waals surface area contributed by atoms with Gasteiger partial charge in [0.1, 0.15) is 5.15 Å². The van der Waals surface area contributed by atoms with E-state index in [1.165, 1.54) is 6.92 Å². The predicted molar refractivity (Wildman–Crippen MR) is 95.4 cm³/mol. The number of carbonyl (C=O) groups is 1. The van der Waals surface area contributed by atoms with Crippen LogP contribution in [-0.4, -0.2) is 10.9 Å². The van der Waals surface area contributed by atoms with Crippen LogP contribution in [0, 0.1) is 0 Å². The molecule has 0 bridgehead atoms. The van der Waals surface area contributed by atoms with Crippen molar-refractivity contribution >= 4 is 56.8 Å². The van der Waals surface area contributed by atoms with E-state index in [4.69, 9.17) is 23.2 Å². The van der Waals surface area contributed by atoms with Crippen LogP contribution in [0.25, 0.3) is 6.08 Å². The quantitative estimate of drug-likeness (QED) is 0.649. The topological polar surface area (TPSA) is 33.2 Å². The minimum atomic E-state index is -0.110. The van der Waals surface area contributed by atoms with Gasteiger partial charge in [-0.3, -0.25) is 4.79 Å². The Morgan fingerprint density at radius 2 is 2.14 bits per heavy atom. The van der Waals surface area contributed by atoms with Crippen molar-refractivity contribution < 1.29 is 4.79 Å². The van der Waals surface area contributed by atoms with Gasteiger partial charge in [0.2, 0.25) is 5.91 Å². The van der Waals surface area contributed by atoms with Crippen molar-refractivity contribution in [1.82, 2.24) is 4.98 Å². The molecule has 0 unspecified atom stereocenters. The largest absolute Gasteiger partial charge is 0.308 e. The number of pyridine rings is 1. The maximum atomic E-state index is 12.1. The summed E-state index contributed by atoms with van der Waals surface area (Å²) < 4.78 is 0.801. The highest BCUT2D eigenvalue weighted by molar-refractivity contribution is 9.10. The average Bonchev–Trinajstić information content (AvgIpc) is 2.48. The molecule has 3 nitrogen and oxygen atoms in total. The zero-order valence-electron chi connectivity index (χ0n) is 11.8. The summed E-state index contributed by atoms with van der Waals surface area (Å²) in [6.45, 7) is 5.58. The number of benzene rings is 1. The Kier molecular flexibility index (Phi) is 5.62. The molecule has 0 saturated heterocycles. The Morgan fingerprint density at radius 1 is 1.41 bits per heavy atom. The molecule has 0 spiro atoms. The van der Waals surface area contributed by atoms with Crippen molar-refractivity contribution in [2.24, 2.45) is 0 Å².